The van der Waals surface area contributed by atoms with Gasteiger partial charge in [-0.15, -0.1) is 0 Å². The predicted octanol–water partition coefficient (Wildman–Crippen LogP) is 5.31. The molecule has 5 rings (SSSR count). The van der Waals surface area contributed by atoms with Gasteiger partial charge in [0, 0.05) is 55.5 Å². The standard InChI is InChI=1S/C25H27ClF3N7/c1-17-6-2-3-11-36(17)24-32-21(18-7-4-8-19(26)16-18)31-23(33-24)35-14-12-34(13-15-35)22-20(25(27,28)29)9-5-10-30-22/h4-5,7-10,16-17H,2-3,6,11-15H2,1H3. The first-order valence-corrected chi connectivity index (χ1v) is 12.5. The van der Waals surface area contributed by atoms with E-state index >= 15 is 0 Å². The van der Waals surface area contributed by atoms with Crippen LogP contribution < -0.4 is 14.7 Å². The van der Waals surface area contributed by atoms with E-state index in [9.17, 15) is 13.2 Å². The highest BCUT2D eigenvalue weighted by atomic mass is 35.5. The molecule has 0 amide bonds. The Hall–Kier alpha value is -3.14. The van der Waals surface area contributed by atoms with Crippen molar-refractivity contribution in [3.05, 3.63) is 53.2 Å². The van der Waals surface area contributed by atoms with Gasteiger partial charge in [-0.3, -0.25) is 0 Å². The molecule has 2 fully saturated rings. The highest BCUT2D eigenvalue weighted by Gasteiger charge is 2.36. The van der Waals surface area contributed by atoms with Crippen LogP contribution in [0.4, 0.5) is 30.9 Å². The van der Waals surface area contributed by atoms with Gasteiger partial charge in [0.2, 0.25) is 11.9 Å². The molecule has 11 heteroatoms. The number of alkyl halides is 3. The lowest BCUT2D eigenvalue weighted by molar-refractivity contribution is -0.137. The lowest BCUT2D eigenvalue weighted by Gasteiger charge is -2.37. The number of anilines is 3. The Morgan fingerprint density at radius 2 is 1.64 bits per heavy atom. The highest BCUT2D eigenvalue weighted by Crippen LogP contribution is 2.35. The van der Waals surface area contributed by atoms with Crippen molar-refractivity contribution >= 4 is 29.3 Å². The second-order valence-electron chi connectivity index (χ2n) is 9.15. The fourth-order valence-corrected chi connectivity index (χ4v) is 4.95. The molecule has 4 heterocycles. The number of hydrogen-bond donors (Lipinski definition) is 0. The van der Waals surface area contributed by atoms with E-state index in [0.717, 1.165) is 31.0 Å². The van der Waals surface area contributed by atoms with E-state index in [-0.39, 0.29) is 5.82 Å². The van der Waals surface area contributed by atoms with Crippen LogP contribution in [-0.4, -0.2) is 58.7 Å². The summed E-state index contributed by atoms with van der Waals surface area (Å²) in [6.45, 7) is 4.70. The van der Waals surface area contributed by atoms with Crippen molar-refractivity contribution in [2.75, 3.05) is 47.4 Å². The number of piperazine rings is 1. The Morgan fingerprint density at radius 1 is 0.889 bits per heavy atom. The summed E-state index contributed by atoms with van der Waals surface area (Å²) < 4.78 is 40.5. The minimum atomic E-state index is -4.46. The van der Waals surface area contributed by atoms with E-state index in [4.69, 9.17) is 26.6 Å². The molecule has 3 aromatic rings. The van der Waals surface area contributed by atoms with E-state index in [0.29, 0.717) is 55.0 Å². The van der Waals surface area contributed by atoms with Crippen LogP contribution in [0.5, 0.6) is 0 Å². The van der Waals surface area contributed by atoms with E-state index in [1.807, 2.05) is 23.1 Å². The van der Waals surface area contributed by atoms with E-state index in [2.05, 4.69) is 16.8 Å². The summed E-state index contributed by atoms with van der Waals surface area (Å²) in [6, 6.07) is 10.1. The largest absolute Gasteiger partial charge is 0.419 e. The summed E-state index contributed by atoms with van der Waals surface area (Å²) in [5.41, 5.74) is 0.0715. The van der Waals surface area contributed by atoms with Gasteiger partial charge in [0.25, 0.3) is 0 Å². The average molecular weight is 518 g/mol. The third-order valence-corrected chi connectivity index (χ3v) is 6.94. The molecule has 0 N–H and O–H groups in total. The number of aromatic nitrogens is 4. The van der Waals surface area contributed by atoms with Gasteiger partial charge in [-0.2, -0.15) is 28.1 Å². The van der Waals surface area contributed by atoms with Gasteiger partial charge in [0.05, 0.1) is 5.56 Å². The van der Waals surface area contributed by atoms with Crippen molar-refractivity contribution in [1.82, 2.24) is 19.9 Å². The second-order valence-corrected chi connectivity index (χ2v) is 9.59. The fourth-order valence-electron chi connectivity index (χ4n) is 4.76. The summed E-state index contributed by atoms with van der Waals surface area (Å²) in [5, 5.41) is 0.590. The molecular weight excluding hydrogens is 491 g/mol. The van der Waals surface area contributed by atoms with Crippen LogP contribution in [0.25, 0.3) is 11.4 Å². The molecule has 2 aromatic heterocycles. The quantitative estimate of drug-likeness (QED) is 0.464. The maximum Gasteiger partial charge on any atom is 0.419 e. The summed E-state index contributed by atoms with van der Waals surface area (Å²) in [4.78, 5) is 24.3. The van der Waals surface area contributed by atoms with E-state index < -0.39 is 11.7 Å². The first-order chi connectivity index (χ1) is 17.3. The second kappa shape index (κ2) is 10.1. The molecule has 0 bridgehead atoms. The lowest BCUT2D eigenvalue weighted by atomic mass is 10.0. The Balaban J connectivity index is 1.43. The maximum atomic E-state index is 13.5. The molecule has 7 nitrogen and oxygen atoms in total. The molecule has 0 spiro atoms. The van der Waals surface area contributed by atoms with Crippen molar-refractivity contribution < 1.29 is 13.2 Å². The first-order valence-electron chi connectivity index (χ1n) is 12.1. The number of nitrogens with zero attached hydrogens (tertiary/aromatic N) is 7. The zero-order chi connectivity index (χ0) is 25.3. The van der Waals surface area contributed by atoms with Gasteiger partial charge in [-0.05, 0) is 50.5 Å². The number of piperidine rings is 1. The minimum absolute atomic E-state index is 0.0391. The summed E-state index contributed by atoms with van der Waals surface area (Å²) in [5.74, 6) is 1.63. The molecule has 0 radical (unpaired) electrons. The molecule has 2 aliphatic rings. The van der Waals surface area contributed by atoms with Crippen LogP contribution in [0.1, 0.15) is 31.7 Å². The third kappa shape index (κ3) is 5.18. The van der Waals surface area contributed by atoms with Crippen molar-refractivity contribution in [3.63, 3.8) is 0 Å². The molecule has 1 unspecified atom stereocenters. The number of hydrogen-bond acceptors (Lipinski definition) is 7. The lowest BCUT2D eigenvalue weighted by Crippen LogP contribution is -2.48. The molecule has 1 atom stereocenters. The van der Waals surface area contributed by atoms with Crippen LogP contribution in [0.2, 0.25) is 5.02 Å². The molecule has 0 aliphatic carbocycles. The molecule has 1 aromatic carbocycles. The van der Waals surface area contributed by atoms with Gasteiger partial charge in [0.15, 0.2) is 5.82 Å². The van der Waals surface area contributed by atoms with Crippen LogP contribution in [0.15, 0.2) is 42.6 Å². The van der Waals surface area contributed by atoms with Crippen molar-refractivity contribution in [1.29, 1.82) is 0 Å². The highest BCUT2D eigenvalue weighted by molar-refractivity contribution is 6.30. The summed E-state index contributed by atoms with van der Waals surface area (Å²) >= 11 is 6.23. The first kappa shape index (κ1) is 24.5. The SMILES string of the molecule is CC1CCCCN1c1nc(-c2cccc(Cl)c2)nc(N2CCN(c3ncccc3C(F)(F)F)CC2)n1. The van der Waals surface area contributed by atoms with Crippen molar-refractivity contribution in [2.24, 2.45) is 0 Å². The van der Waals surface area contributed by atoms with Crippen LogP contribution >= 0.6 is 11.6 Å². The van der Waals surface area contributed by atoms with E-state index in [1.54, 1.807) is 11.0 Å². The number of halogens is 4. The van der Waals surface area contributed by atoms with Gasteiger partial charge in [-0.1, -0.05) is 23.7 Å². The van der Waals surface area contributed by atoms with Crippen molar-refractivity contribution in [2.45, 2.75) is 38.4 Å². The summed E-state index contributed by atoms with van der Waals surface area (Å²) in [6.07, 6.45) is 0.249. The molecule has 36 heavy (non-hydrogen) atoms. The number of benzene rings is 1. The summed E-state index contributed by atoms with van der Waals surface area (Å²) in [7, 11) is 0. The smallest absolute Gasteiger partial charge is 0.353 e. The normalized spacial score (nSPS) is 19.0. The van der Waals surface area contributed by atoms with Crippen molar-refractivity contribution in [3.8, 4) is 11.4 Å². The zero-order valence-corrected chi connectivity index (χ0v) is 20.7. The molecule has 0 saturated carbocycles. The van der Waals surface area contributed by atoms with Crippen LogP contribution in [0.3, 0.4) is 0 Å². The monoisotopic (exact) mass is 517 g/mol. The van der Waals surface area contributed by atoms with Crippen LogP contribution in [0, 0.1) is 0 Å². The Labute approximate surface area is 213 Å². The van der Waals surface area contributed by atoms with Gasteiger partial charge >= 0.3 is 6.18 Å². The number of pyridine rings is 1. The predicted molar refractivity (Wildman–Crippen MR) is 135 cm³/mol. The maximum absolute atomic E-state index is 13.5. The number of rotatable bonds is 4. The van der Waals surface area contributed by atoms with Gasteiger partial charge in [0.1, 0.15) is 5.82 Å². The van der Waals surface area contributed by atoms with Gasteiger partial charge in [-0.25, -0.2) is 4.98 Å². The Bertz CT molecular complexity index is 1210. The molecule has 2 aliphatic heterocycles. The Kier molecular flexibility index (Phi) is 6.87. The zero-order valence-electron chi connectivity index (χ0n) is 19.9. The van der Waals surface area contributed by atoms with Crippen LogP contribution in [-0.2, 0) is 6.18 Å². The van der Waals surface area contributed by atoms with Gasteiger partial charge < -0.3 is 14.7 Å². The molecule has 190 valence electrons. The fraction of sp³-hybridized carbons (Fsp3) is 0.440. The van der Waals surface area contributed by atoms with E-state index in [1.165, 1.54) is 18.7 Å². The average Bonchev–Trinajstić information content (AvgIpc) is 2.88. The topological polar surface area (TPSA) is 61.3 Å². The minimum Gasteiger partial charge on any atom is -0.353 e. The third-order valence-electron chi connectivity index (χ3n) is 6.71. The molecule has 2 saturated heterocycles. The Morgan fingerprint density at radius 3 is 2.36 bits per heavy atom. The molecular formula is C25H27ClF3N7.